The average molecular weight is 304 g/mol. The zero-order valence-electron chi connectivity index (χ0n) is 10.9. The van der Waals surface area contributed by atoms with Crippen LogP contribution in [0.1, 0.15) is 5.82 Å². The molecule has 1 aromatic heterocycles. The molecule has 0 amide bonds. The highest BCUT2D eigenvalue weighted by atomic mass is 35.5. The van der Waals surface area contributed by atoms with Gasteiger partial charge >= 0.3 is 0 Å². The molecule has 0 radical (unpaired) electrons. The highest BCUT2D eigenvalue weighted by Gasteiger charge is 2.08. The van der Waals surface area contributed by atoms with Crippen LogP contribution in [0.4, 0.5) is 10.1 Å². The lowest BCUT2D eigenvalue weighted by atomic mass is 10.2. The van der Waals surface area contributed by atoms with Crippen molar-refractivity contribution in [2.24, 2.45) is 0 Å². The van der Waals surface area contributed by atoms with Gasteiger partial charge in [0, 0.05) is 0 Å². The number of nitrogens with one attached hydrogen (secondary N) is 2. The summed E-state index contributed by atoms with van der Waals surface area (Å²) < 4.78 is 13.6. The Balaban J connectivity index is 1.91. The lowest BCUT2D eigenvalue weighted by Crippen LogP contribution is -2.14. The minimum atomic E-state index is -0.453. The van der Waals surface area contributed by atoms with Gasteiger partial charge in [-0.15, -0.1) is 0 Å². The maximum atomic E-state index is 13.6. The van der Waals surface area contributed by atoms with E-state index in [9.17, 15) is 9.18 Å². The Labute approximate surface area is 124 Å². The molecule has 0 unspecified atom stereocenters. The molecule has 0 aliphatic carbocycles. The first-order valence-electron chi connectivity index (χ1n) is 6.31. The van der Waals surface area contributed by atoms with Crippen molar-refractivity contribution in [2.45, 2.75) is 6.54 Å². The van der Waals surface area contributed by atoms with E-state index in [-0.39, 0.29) is 22.8 Å². The van der Waals surface area contributed by atoms with Gasteiger partial charge in [0.25, 0.3) is 5.56 Å². The number of aromatic nitrogens is 2. The van der Waals surface area contributed by atoms with E-state index in [0.29, 0.717) is 16.7 Å². The molecule has 2 N–H and O–H groups in total. The van der Waals surface area contributed by atoms with E-state index in [2.05, 4.69) is 15.3 Å². The van der Waals surface area contributed by atoms with Crippen molar-refractivity contribution in [3.05, 3.63) is 69.5 Å². The zero-order chi connectivity index (χ0) is 14.8. The maximum absolute atomic E-state index is 13.6. The molecule has 6 heteroatoms. The van der Waals surface area contributed by atoms with Crippen LogP contribution in [0.5, 0.6) is 0 Å². The molecule has 0 aliphatic rings. The van der Waals surface area contributed by atoms with Crippen molar-refractivity contribution < 1.29 is 4.39 Å². The van der Waals surface area contributed by atoms with E-state index >= 15 is 0 Å². The Kier molecular flexibility index (Phi) is 3.58. The van der Waals surface area contributed by atoms with Crippen molar-refractivity contribution in [2.75, 3.05) is 5.32 Å². The van der Waals surface area contributed by atoms with Crippen LogP contribution >= 0.6 is 11.6 Å². The van der Waals surface area contributed by atoms with Gasteiger partial charge in [0.05, 0.1) is 28.2 Å². The summed E-state index contributed by atoms with van der Waals surface area (Å²) in [6.07, 6.45) is 0. The molecule has 0 atom stereocenters. The summed E-state index contributed by atoms with van der Waals surface area (Å²) in [6, 6.07) is 11.5. The Bertz CT molecular complexity index is 843. The third-order valence-corrected chi connectivity index (χ3v) is 3.37. The number of para-hydroxylation sites is 2. The molecule has 1 heterocycles. The van der Waals surface area contributed by atoms with Crippen molar-refractivity contribution in [1.82, 2.24) is 9.97 Å². The zero-order valence-corrected chi connectivity index (χ0v) is 11.6. The number of halogens is 2. The second kappa shape index (κ2) is 5.54. The number of hydrogen-bond acceptors (Lipinski definition) is 3. The van der Waals surface area contributed by atoms with Crippen LogP contribution in [0, 0.1) is 5.82 Å². The van der Waals surface area contributed by atoms with E-state index in [1.807, 2.05) is 0 Å². The first kappa shape index (κ1) is 13.6. The number of fused-ring (bicyclic) bond motifs is 1. The van der Waals surface area contributed by atoms with Gasteiger partial charge in [0.2, 0.25) is 0 Å². The molecule has 0 spiro atoms. The van der Waals surface area contributed by atoms with Crippen molar-refractivity contribution >= 4 is 28.2 Å². The Morgan fingerprint density at radius 1 is 1.19 bits per heavy atom. The summed E-state index contributed by atoms with van der Waals surface area (Å²) in [5.74, 6) is -0.0383. The molecule has 0 saturated heterocycles. The summed E-state index contributed by atoms with van der Waals surface area (Å²) in [7, 11) is 0. The van der Waals surface area contributed by atoms with Gasteiger partial charge < -0.3 is 10.3 Å². The van der Waals surface area contributed by atoms with Crippen LogP contribution in [0.2, 0.25) is 5.02 Å². The Morgan fingerprint density at radius 2 is 2.00 bits per heavy atom. The first-order chi connectivity index (χ1) is 10.1. The van der Waals surface area contributed by atoms with Crippen LogP contribution in [-0.4, -0.2) is 9.97 Å². The van der Waals surface area contributed by atoms with Gasteiger partial charge in [-0.2, -0.15) is 0 Å². The molecular weight excluding hydrogens is 293 g/mol. The fourth-order valence-corrected chi connectivity index (χ4v) is 2.29. The number of nitrogens with zero attached hydrogens (tertiary/aromatic N) is 1. The maximum Gasteiger partial charge on any atom is 0.258 e. The second-order valence-electron chi connectivity index (χ2n) is 4.48. The van der Waals surface area contributed by atoms with Crippen LogP contribution in [-0.2, 0) is 6.54 Å². The van der Waals surface area contributed by atoms with Gasteiger partial charge in [-0.3, -0.25) is 4.79 Å². The van der Waals surface area contributed by atoms with Crippen LogP contribution in [0.25, 0.3) is 10.9 Å². The molecule has 4 nitrogen and oxygen atoms in total. The van der Waals surface area contributed by atoms with Gasteiger partial charge in [-0.05, 0) is 24.3 Å². The fraction of sp³-hybridized carbons (Fsp3) is 0.0667. The number of aromatic amines is 1. The van der Waals surface area contributed by atoms with Crippen LogP contribution < -0.4 is 10.9 Å². The van der Waals surface area contributed by atoms with Crippen molar-refractivity contribution in [1.29, 1.82) is 0 Å². The number of rotatable bonds is 3. The fourth-order valence-electron chi connectivity index (χ4n) is 2.06. The van der Waals surface area contributed by atoms with Gasteiger partial charge in [-0.25, -0.2) is 9.37 Å². The predicted molar refractivity (Wildman–Crippen MR) is 81.1 cm³/mol. The molecule has 0 saturated carbocycles. The number of benzene rings is 2. The molecule has 0 aliphatic heterocycles. The van der Waals surface area contributed by atoms with E-state index in [0.717, 1.165) is 0 Å². The molecule has 3 rings (SSSR count). The quantitative estimate of drug-likeness (QED) is 0.780. The summed E-state index contributed by atoms with van der Waals surface area (Å²) >= 11 is 5.93. The standard InChI is InChI=1S/C15H11ClFN3O/c16-10-5-3-6-11(17)14(10)18-8-13-19-12-7-2-1-4-9(12)15(21)20-13/h1-7,18H,8H2,(H,19,20,21). The predicted octanol–water partition coefficient (Wildman–Crippen LogP) is 3.33. The minimum Gasteiger partial charge on any atom is -0.374 e. The molecule has 2 aromatic carbocycles. The first-order valence-corrected chi connectivity index (χ1v) is 6.69. The van der Waals surface area contributed by atoms with Gasteiger partial charge in [0.15, 0.2) is 0 Å². The Hall–Kier alpha value is -2.40. The molecular formula is C15H11ClFN3O. The molecule has 21 heavy (non-hydrogen) atoms. The van der Waals surface area contributed by atoms with Gasteiger partial charge in [-0.1, -0.05) is 29.8 Å². The highest BCUT2D eigenvalue weighted by molar-refractivity contribution is 6.33. The number of anilines is 1. The summed E-state index contributed by atoms with van der Waals surface area (Å²) in [5, 5.41) is 3.64. The molecule has 106 valence electrons. The van der Waals surface area contributed by atoms with E-state index in [4.69, 9.17) is 11.6 Å². The van der Waals surface area contributed by atoms with E-state index in [1.54, 1.807) is 30.3 Å². The number of H-pyrrole nitrogens is 1. The Morgan fingerprint density at radius 3 is 2.81 bits per heavy atom. The normalized spacial score (nSPS) is 10.8. The van der Waals surface area contributed by atoms with Crippen LogP contribution in [0.3, 0.4) is 0 Å². The topological polar surface area (TPSA) is 57.8 Å². The van der Waals surface area contributed by atoms with Gasteiger partial charge in [0.1, 0.15) is 11.6 Å². The smallest absolute Gasteiger partial charge is 0.258 e. The lowest BCUT2D eigenvalue weighted by molar-refractivity contribution is 0.630. The van der Waals surface area contributed by atoms with Crippen molar-refractivity contribution in [3.63, 3.8) is 0 Å². The monoisotopic (exact) mass is 303 g/mol. The molecule has 0 fully saturated rings. The largest absolute Gasteiger partial charge is 0.374 e. The lowest BCUT2D eigenvalue weighted by Gasteiger charge is -2.09. The number of hydrogen-bond donors (Lipinski definition) is 2. The van der Waals surface area contributed by atoms with E-state index < -0.39 is 5.82 Å². The third-order valence-electron chi connectivity index (χ3n) is 3.06. The third kappa shape index (κ3) is 2.73. The second-order valence-corrected chi connectivity index (χ2v) is 4.89. The average Bonchev–Trinajstić information content (AvgIpc) is 2.47. The SMILES string of the molecule is O=c1[nH]c(CNc2c(F)cccc2Cl)nc2ccccc12. The molecule has 3 aromatic rings. The summed E-state index contributed by atoms with van der Waals surface area (Å²) in [4.78, 5) is 18.9. The highest BCUT2D eigenvalue weighted by Crippen LogP contribution is 2.24. The molecule has 0 bridgehead atoms. The summed E-state index contributed by atoms with van der Waals surface area (Å²) in [6.45, 7) is 0.167. The van der Waals surface area contributed by atoms with E-state index in [1.165, 1.54) is 12.1 Å². The van der Waals surface area contributed by atoms with Crippen LogP contribution in [0.15, 0.2) is 47.3 Å². The van der Waals surface area contributed by atoms with Crippen molar-refractivity contribution in [3.8, 4) is 0 Å². The minimum absolute atomic E-state index is 0.167. The summed E-state index contributed by atoms with van der Waals surface area (Å²) in [5.41, 5.74) is 0.560.